The number of carbonyl (C=O) groups is 2. The van der Waals surface area contributed by atoms with Crippen LogP contribution >= 0.6 is 0 Å². The number of benzene rings is 1. The highest BCUT2D eigenvalue weighted by Crippen LogP contribution is 2.40. The SMILES string of the molecule is O=C(C1=C(O)C(=O)N(Cc2ccc(F)cc2)C1c1ccco1)c1ccco1. The lowest BCUT2D eigenvalue weighted by molar-refractivity contribution is -0.130. The molecule has 0 saturated heterocycles. The number of aliphatic hydroxyl groups excluding tert-OH is 1. The predicted octanol–water partition coefficient (Wildman–Crippen LogP) is 3.79. The van der Waals surface area contributed by atoms with E-state index in [2.05, 4.69) is 0 Å². The van der Waals surface area contributed by atoms with E-state index in [9.17, 15) is 19.1 Å². The van der Waals surface area contributed by atoms with Crippen molar-refractivity contribution in [3.63, 3.8) is 0 Å². The Labute approximate surface area is 153 Å². The summed E-state index contributed by atoms with van der Waals surface area (Å²) in [5.41, 5.74) is 0.521. The van der Waals surface area contributed by atoms with Gasteiger partial charge in [0.2, 0.25) is 5.78 Å². The zero-order valence-electron chi connectivity index (χ0n) is 14.0. The van der Waals surface area contributed by atoms with E-state index in [4.69, 9.17) is 8.83 Å². The summed E-state index contributed by atoms with van der Waals surface area (Å²) in [4.78, 5) is 26.8. The molecule has 6 nitrogen and oxygen atoms in total. The molecular weight excluding hydrogens is 353 g/mol. The zero-order chi connectivity index (χ0) is 19.0. The first-order valence-corrected chi connectivity index (χ1v) is 8.16. The van der Waals surface area contributed by atoms with Crippen LogP contribution in [0.4, 0.5) is 4.39 Å². The van der Waals surface area contributed by atoms with Gasteiger partial charge in [0.25, 0.3) is 5.91 Å². The third-order valence-electron chi connectivity index (χ3n) is 4.37. The van der Waals surface area contributed by atoms with E-state index in [0.717, 1.165) is 0 Å². The fourth-order valence-electron chi connectivity index (χ4n) is 3.12. The third kappa shape index (κ3) is 2.93. The maximum absolute atomic E-state index is 13.2. The van der Waals surface area contributed by atoms with Gasteiger partial charge in [-0.1, -0.05) is 12.1 Å². The average molecular weight is 367 g/mol. The van der Waals surface area contributed by atoms with Gasteiger partial charge in [0.1, 0.15) is 17.6 Å². The van der Waals surface area contributed by atoms with Crippen LogP contribution in [0.3, 0.4) is 0 Å². The van der Waals surface area contributed by atoms with Gasteiger partial charge in [-0.3, -0.25) is 9.59 Å². The van der Waals surface area contributed by atoms with E-state index < -0.39 is 29.3 Å². The lowest BCUT2D eigenvalue weighted by Crippen LogP contribution is -2.30. The zero-order valence-corrected chi connectivity index (χ0v) is 14.0. The van der Waals surface area contributed by atoms with E-state index in [1.54, 1.807) is 18.2 Å². The molecule has 1 aromatic carbocycles. The summed E-state index contributed by atoms with van der Waals surface area (Å²) >= 11 is 0. The maximum Gasteiger partial charge on any atom is 0.290 e. The first-order valence-electron chi connectivity index (χ1n) is 8.16. The lowest BCUT2D eigenvalue weighted by atomic mass is 9.99. The highest BCUT2D eigenvalue weighted by Gasteiger charge is 2.45. The minimum atomic E-state index is -0.921. The number of hydrogen-bond acceptors (Lipinski definition) is 5. The van der Waals surface area contributed by atoms with E-state index in [-0.39, 0.29) is 17.9 Å². The molecule has 7 heteroatoms. The second-order valence-electron chi connectivity index (χ2n) is 6.05. The van der Waals surface area contributed by atoms with Crippen molar-refractivity contribution in [2.24, 2.45) is 0 Å². The van der Waals surface area contributed by atoms with Gasteiger partial charge in [-0.05, 0) is 42.0 Å². The number of carbonyl (C=O) groups excluding carboxylic acids is 2. The third-order valence-corrected chi connectivity index (χ3v) is 4.37. The number of hydrogen-bond donors (Lipinski definition) is 1. The molecule has 1 unspecified atom stereocenters. The van der Waals surface area contributed by atoms with Crippen molar-refractivity contribution in [1.29, 1.82) is 0 Å². The first kappa shape index (κ1) is 16.8. The molecule has 136 valence electrons. The van der Waals surface area contributed by atoms with Gasteiger partial charge < -0.3 is 18.8 Å². The Hall–Kier alpha value is -3.61. The van der Waals surface area contributed by atoms with Crippen molar-refractivity contribution < 1.29 is 27.9 Å². The molecule has 0 fully saturated rings. The van der Waals surface area contributed by atoms with Gasteiger partial charge >= 0.3 is 0 Å². The van der Waals surface area contributed by atoms with Gasteiger partial charge in [-0.25, -0.2) is 4.39 Å². The monoisotopic (exact) mass is 367 g/mol. The molecule has 0 saturated carbocycles. The summed E-state index contributed by atoms with van der Waals surface area (Å²) in [6.07, 6.45) is 2.75. The van der Waals surface area contributed by atoms with Crippen LogP contribution in [-0.4, -0.2) is 21.7 Å². The predicted molar refractivity (Wildman–Crippen MR) is 91.1 cm³/mol. The Morgan fingerprint density at radius 2 is 1.78 bits per heavy atom. The molecule has 1 N–H and O–H groups in total. The number of halogens is 1. The minimum absolute atomic E-state index is 0.00420. The van der Waals surface area contributed by atoms with Crippen molar-refractivity contribution >= 4 is 11.7 Å². The van der Waals surface area contributed by atoms with Crippen molar-refractivity contribution in [3.05, 3.63) is 95.3 Å². The number of aliphatic hydroxyl groups is 1. The smallest absolute Gasteiger partial charge is 0.290 e. The van der Waals surface area contributed by atoms with Gasteiger partial charge in [0, 0.05) is 6.54 Å². The highest BCUT2D eigenvalue weighted by atomic mass is 19.1. The molecule has 0 radical (unpaired) electrons. The molecule has 1 amide bonds. The fourth-order valence-corrected chi connectivity index (χ4v) is 3.12. The van der Waals surface area contributed by atoms with E-state index in [1.807, 2.05) is 0 Å². The number of furan rings is 2. The van der Waals surface area contributed by atoms with Crippen molar-refractivity contribution in [1.82, 2.24) is 4.90 Å². The molecule has 1 aliphatic heterocycles. The van der Waals surface area contributed by atoms with Crippen LogP contribution in [0.25, 0.3) is 0 Å². The normalized spacial score (nSPS) is 17.0. The van der Waals surface area contributed by atoms with Crippen molar-refractivity contribution in [2.75, 3.05) is 0 Å². The summed E-state index contributed by atoms with van der Waals surface area (Å²) in [5, 5.41) is 10.4. The molecule has 4 rings (SSSR count). The van der Waals surface area contributed by atoms with E-state index in [1.165, 1.54) is 47.8 Å². The molecule has 3 aromatic rings. The van der Waals surface area contributed by atoms with Crippen LogP contribution in [0.5, 0.6) is 0 Å². The highest BCUT2D eigenvalue weighted by molar-refractivity contribution is 6.14. The van der Waals surface area contributed by atoms with Gasteiger partial charge in [-0.15, -0.1) is 0 Å². The van der Waals surface area contributed by atoms with Gasteiger partial charge in [-0.2, -0.15) is 0 Å². The number of nitrogens with zero attached hydrogens (tertiary/aromatic N) is 1. The van der Waals surface area contributed by atoms with Crippen molar-refractivity contribution in [2.45, 2.75) is 12.6 Å². The maximum atomic E-state index is 13.2. The quantitative estimate of drug-likeness (QED) is 0.694. The summed E-state index contributed by atoms with van der Waals surface area (Å²) in [5.74, 6) is -2.04. The van der Waals surface area contributed by atoms with Crippen LogP contribution < -0.4 is 0 Å². The Morgan fingerprint density at radius 1 is 1.07 bits per heavy atom. The molecule has 3 heterocycles. The largest absolute Gasteiger partial charge is 0.503 e. The molecule has 2 aromatic heterocycles. The number of rotatable bonds is 5. The van der Waals surface area contributed by atoms with Crippen molar-refractivity contribution in [3.8, 4) is 0 Å². The summed E-state index contributed by atoms with van der Waals surface area (Å²) < 4.78 is 23.7. The van der Waals surface area contributed by atoms with Gasteiger partial charge in [0.15, 0.2) is 11.5 Å². The standard InChI is InChI=1S/C20H14FNO5/c21-13-7-5-12(6-8-13)11-22-17(14-3-1-9-26-14)16(19(24)20(22)25)18(23)15-4-2-10-27-15/h1-10,17,24H,11H2. The Bertz CT molecular complexity index is 1000. The van der Waals surface area contributed by atoms with E-state index in [0.29, 0.717) is 11.3 Å². The molecule has 27 heavy (non-hydrogen) atoms. The van der Waals surface area contributed by atoms with Gasteiger partial charge in [0.05, 0.1) is 18.1 Å². The molecular formula is C20H14FNO5. The summed E-state index contributed by atoms with van der Waals surface area (Å²) in [6, 6.07) is 10.9. The van der Waals surface area contributed by atoms with E-state index >= 15 is 0 Å². The lowest BCUT2D eigenvalue weighted by Gasteiger charge is -2.24. The van der Waals surface area contributed by atoms with Crippen LogP contribution in [0, 0.1) is 5.82 Å². The molecule has 0 bridgehead atoms. The Balaban J connectivity index is 1.75. The topological polar surface area (TPSA) is 83.9 Å². The number of Topliss-reactive ketones (excluding diaryl/α,β-unsaturated/α-hetero) is 1. The second kappa shape index (κ2) is 6.60. The van der Waals surface area contributed by atoms with Crippen LogP contribution in [0.1, 0.15) is 27.9 Å². The van der Waals surface area contributed by atoms with Crippen LogP contribution in [0.2, 0.25) is 0 Å². The first-order chi connectivity index (χ1) is 13.1. The molecule has 1 atom stereocenters. The molecule has 1 aliphatic rings. The van der Waals surface area contributed by atoms with Crippen LogP contribution in [0.15, 0.2) is 81.2 Å². The second-order valence-corrected chi connectivity index (χ2v) is 6.05. The molecule has 0 aliphatic carbocycles. The van der Waals surface area contributed by atoms with Crippen LogP contribution in [-0.2, 0) is 11.3 Å². The fraction of sp³-hybridized carbons (Fsp3) is 0.100. The Kier molecular flexibility index (Phi) is 4.12. The number of ketones is 1. The summed E-state index contributed by atoms with van der Waals surface area (Å²) in [6.45, 7) is 0.0590. The molecule has 0 spiro atoms. The average Bonchev–Trinajstić information content (AvgIpc) is 3.41. The Morgan fingerprint density at radius 3 is 2.41 bits per heavy atom. The minimum Gasteiger partial charge on any atom is -0.503 e. The summed E-state index contributed by atoms with van der Waals surface area (Å²) in [7, 11) is 0. The number of amides is 1.